The van der Waals surface area contributed by atoms with Crippen LogP contribution in [-0.2, 0) is 152 Å². The van der Waals surface area contributed by atoms with Crippen molar-refractivity contribution in [3.63, 3.8) is 0 Å². The molecule has 1 aromatic rings. The average molecular weight is 1510 g/mol. The molecular formula is C60H75Br2NO34. The van der Waals surface area contributed by atoms with E-state index in [0.717, 1.165) is 83.1 Å². The van der Waals surface area contributed by atoms with Crippen LogP contribution in [0.3, 0.4) is 0 Å². The number of carbonyl (C=O) groups is 14. The van der Waals surface area contributed by atoms with E-state index in [1.165, 1.54) is 24.3 Å². The van der Waals surface area contributed by atoms with Crippen LogP contribution < -0.4 is 0 Å². The highest BCUT2D eigenvalue weighted by Crippen LogP contribution is 2.42. The first-order valence-electron chi connectivity index (χ1n) is 29.9. The Labute approximate surface area is 570 Å². The predicted molar refractivity (Wildman–Crippen MR) is 318 cm³/mol. The molecule has 4 saturated heterocycles. The molecule has 0 unspecified atom stereocenters. The number of carbonyl (C=O) groups excluding carboxylic acids is 14. The van der Waals surface area contributed by atoms with Crippen molar-refractivity contribution in [2.24, 2.45) is 5.92 Å². The third kappa shape index (κ3) is 21.3. The van der Waals surface area contributed by atoms with Crippen molar-refractivity contribution >= 4 is 115 Å². The first-order chi connectivity index (χ1) is 45.7. The van der Waals surface area contributed by atoms with E-state index in [0.29, 0.717) is 15.6 Å². The van der Waals surface area contributed by atoms with Gasteiger partial charge in [-0.05, 0) is 12.1 Å². The highest BCUT2D eigenvalue weighted by Gasteiger charge is 2.63. The highest BCUT2D eigenvalue weighted by molar-refractivity contribution is 9.09. The lowest BCUT2D eigenvalue weighted by Gasteiger charge is -2.52. The Morgan fingerprint density at radius 3 is 1.01 bits per heavy atom. The number of imide groups is 1. The van der Waals surface area contributed by atoms with E-state index in [4.69, 9.17) is 94.7 Å². The molecular weight excluding hydrogens is 1440 g/mol. The lowest BCUT2D eigenvalue weighted by Crippen LogP contribution is -2.71. The van der Waals surface area contributed by atoms with Crippen molar-refractivity contribution in [3.05, 3.63) is 35.4 Å². The van der Waals surface area contributed by atoms with Crippen LogP contribution in [0.15, 0.2) is 24.3 Å². The number of amides is 2. The van der Waals surface area contributed by atoms with Gasteiger partial charge in [0.1, 0.15) is 75.2 Å². The fraction of sp³-hybridized carbons (Fsp3) is 0.667. The van der Waals surface area contributed by atoms with Gasteiger partial charge in [0.2, 0.25) is 0 Å². The molecule has 0 radical (unpaired) electrons. The van der Waals surface area contributed by atoms with E-state index in [2.05, 4.69) is 31.9 Å². The summed E-state index contributed by atoms with van der Waals surface area (Å²) in [6, 6.07) is 3.05. The molecule has 5 heterocycles. The number of hydrogen-bond donors (Lipinski definition) is 0. The number of alkyl halides is 2. The van der Waals surface area contributed by atoms with Gasteiger partial charge in [0.25, 0.3) is 11.8 Å². The Bertz CT molecular complexity index is 3030. The molecule has 0 N–H and O–H groups in total. The first-order valence-corrected chi connectivity index (χ1v) is 32.2. The van der Waals surface area contributed by atoms with Gasteiger partial charge in [-0.1, -0.05) is 44.0 Å². The maximum absolute atomic E-state index is 15.1. The van der Waals surface area contributed by atoms with Gasteiger partial charge in [0.05, 0.1) is 17.7 Å². The van der Waals surface area contributed by atoms with Crippen LogP contribution in [0.1, 0.15) is 104 Å². The molecule has 1 aromatic carbocycles. The van der Waals surface area contributed by atoms with Gasteiger partial charge < -0.3 is 94.7 Å². The molecule has 0 bridgehead atoms. The quantitative estimate of drug-likeness (QED) is 0.0485. The van der Waals surface area contributed by atoms with Crippen LogP contribution in [-0.4, -0.2) is 255 Å². The van der Waals surface area contributed by atoms with Crippen LogP contribution >= 0.6 is 31.9 Å². The van der Waals surface area contributed by atoms with Gasteiger partial charge in [0.15, 0.2) is 74.0 Å². The van der Waals surface area contributed by atoms with Crippen LogP contribution in [0.25, 0.3) is 0 Å². The third-order valence-corrected chi connectivity index (χ3v) is 16.4. The summed E-state index contributed by atoms with van der Waals surface area (Å²) in [5.74, 6) is -15.0. The fourth-order valence-corrected chi connectivity index (χ4v) is 12.4. The summed E-state index contributed by atoms with van der Waals surface area (Å²) in [4.78, 5) is 187. The molecule has 0 spiro atoms. The molecule has 2 amide bonds. The van der Waals surface area contributed by atoms with E-state index in [9.17, 15) is 57.5 Å². The summed E-state index contributed by atoms with van der Waals surface area (Å²) < 4.78 is 120. The van der Waals surface area contributed by atoms with Gasteiger partial charge in [-0.15, -0.1) is 0 Å². The van der Waals surface area contributed by atoms with Gasteiger partial charge in [0, 0.05) is 99.7 Å². The predicted octanol–water partition coefficient (Wildman–Crippen LogP) is 0.835. The lowest BCUT2D eigenvalue weighted by molar-refractivity contribution is -0.384. The largest absolute Gasteiger partial charge is 0.463 e. The molecule has 20 atom stereocenters. The zero-order valence-corrected chi connectivity index (χ0v) is 57.6. The summed E-state index contributed by atoms with van der Waals surface area (Å²) >= 11 is 6.79. The summed E-state index contributed by atoms with van der Waals surface area (Å²) in [5, 5.41) is 0.763. The smallest absolute Gasteiger partial charge is 0.303 e. The number of esters is 12. The maximum atomic E-state index is 15.1. The molecule has 538 valence electrons. The normalized spacial score (nSPS) is 30.6. The van der Waals surface area contributed by atoms with Gasteiger partial charge in [-0.2, -0.15) is 0 Å². The van der Waals surface area contributed by atoms with E-state index in [-0.39, 0.29) is 23.7 Å². The fourth-order valence-electron chi connectivity index (χ4n) is 11.0. The Balaban J connectivity index is 1.63. The molecule has 0 aromatic heterocycles. The second kappa shape index (κ2) is 35.9. The van der Waals surface area contributed by atoms with Crippen molar-refractivity contribution in [1.29, 1.82) is 0 Å². The topological polar surface area (TPSA) is 427 Å². The van der Waals surface area contributed by atoms with Crippen molar-refractivity contribution in [2.75, 3.05) is 43.7 Å². The Hall–Kier alpha value is -7.36. The summed E-state index contributed by atoms with van der Waals surface area (Å²) in [7, 11) is 0. The number of benzene rings is 1. The van der Waals surface area contributed by atoms with Crippen LogP contribution in [0.2, 0.25) is 0 Å². The number of halogens is 2. The Morgan fingerprint density at radius 1 is 0.361 bits per heavy atom. The minimum atomic E-state index is -2.41. The van der Waals surface area contributed by atoms with Gasteiger partial charge >= 0.3 is 71.6 Å². The number of ether oxygens (including phenoxy) is 20. The second-order valence-electron chi connectivity index (χ2n) is 22.3. The third-order valence-electron chi connectivity index (χ3n) is 14.5. The van der Waals surface area contributed by atoms with Crippen molar-refractivity contribution in [2.45, 2.75) is 206 Å². The minimum absolute atomic E-state index is 0.0973. The molecule has 97 heavy (non-hydrogen) atoms. The monoisotopic (exact) mass is 1510 g/mol. The van der Waals surface area contributed by atoms with Crippen LogP contribution in [0.4, 0.5) is 0 Å². The lowest BCUT2D eigenvalue weighted by atomic mass is 9.93. The number of hydrogen-bond acceptors (Lipinski definition) is 34. The molecule has 0 aliphatic carbocycles. The van der Waals surface area contributed by atoms with E-state index in [1.54, 1.807) is 0 Å². The van der Waals surface area contributed by atoms with Crippen molar-refractivity contribution < 1.29 is 162 Å². The van der Waals surface area contributed by atoms with Crippen molar-refractivity contribution in [3.8, 4) is 0 Å². The van der Waals surface area contributed by atoms with Crippen LogP contribution in [0, 0.1) is 5.92 Å². The molecule has 6 rings (SSSR count). The molecule has 35 nitrogen and oxygen atoms in total. The van der Waals surface area contributed by atoms with E-state index >= 15 is 9.59 Å². The summed E-state index contributed by atoms with van der Waals surface area (Å²) in [6.07, 6.45) is -37.7. The molecule has 0 saturated carbocycles. The highest BCUT2D eigenvalue weighted by atomic mass is 79.9. The van der Waals surface area contributed by atoms with E-state index < -0.39 is 233 Å². The Morgan fingerprint density at radius 2 is 0.639 bits per heavy atom. The van der Waals surface area contributed by atoms with E-state index in [1.807, 2.05) is 0 Å². The zero-order valence-electron chi connectivity index (χ0n) is 54.5. The number of fused-ring (bicyclic) bond motifs is 1. The average Bonchev–Trinajstić information content (AvgIpc) is 1.71. The maximum Gasteiger partial charge on any atom is 0.303 e. The molecule has 37 heteroatoms. The van der Waals surface area contributed by atoms with Gasteiger partial charge in [-0.3, -0.25) is 72.0 Å². The number of nitrogens with zero attached hydrogens (tertiary/aromatic N) is 1. The molecule has 4 fully saturated rings. The SMILES string of the molecule is CC(=O)OC[C@H]1O[C@@H](O[C@H]2[C@H](OC(C)=O)[C@@H](N3C(=O)c4ccccc4C3=O)[C@H](O[C@H]3[C@@H](OC(C)=O)[C@@H](COC(C)=O)O[C@@H](O[C@H]4[C@H](OC(C)=O)[C@@H](OC(C)=O)[C@H](OCC(CBr)CBr)O[C@@H]4COC(C)=O)[C@@H]3OC(C)=O)O[C@@H]2COC(C)=O)[C@H](OC(C)=O)[C@@H](OC(C)=O)[C@H]1OC(C)=O. The standard InChI is InChI=1S/C60H75Br2NO34/c1-24(64)78-20-39-44(95-59-53(89-34(11)74)49(86-31(8)71)45(83-28(5)68)40(93-59)21-79-25(2)65)48(85-30(7)70)43(63-55(76)37-15-13-14-16-38(37)56(63)77)57(91-39)97-51-46(84-29(6)69)41(22-80-26(3)66)94-60(54(51)90-35(12)75)96-47-42(23-81-27(4)67)92-58(82-19-36(17-61)18-62)52(88-33(10)73)50(47)87-32(9)72/h13-16,36,39-54,57-60H,17-23H2,1-12H3/t39-,40-,41-,42-,43-,44-,45+,46+,47-,48-,49+,50+,51+,52-,53-,54-,57+,58-,59+,60+/m1/s1. The molecule has 5 aliphatic rings. The van der Waals surface area contributed by atoms with Crippen LogP contribution in [0.5, 0.6) is 0 Å². The minimum Gasteiger partial charge on any atom is -0.463 e. The zero-order chi connectivity index (χ0) is 71.9. The first kappa shape index (κ1) is 78.6. The molecule has 5 aliphatic heterocycles. The van der Waals surface area contributed by atoms with Gasteiger partial charge in [-0.25, -0.2) is 0 Å². The summed E-state index contributed by atoms with van der Waals surface area (Å²) in [5.41, 5.74) is -0.510. The van der Waals surface area contributed by atoms with Crippen molar-refractivity contribution in [1.82, 2.24) is 4.90 Å². The number of rotatable bonds is 28. The Kier molecular flexibility index (Phi) is 29.1. The second-order valence-corrected chi connectivity index (χ2v) is 23.6. The summed E-state index contributed by atoms with van der Waals surface area (Å²) in [6.45, 7) is 7.96.